The maximum atomic E-state index is 12.7. The molecule has 0 aliphatic carbocycles. The van der Waals surface area contributed by atoms with E-state index in [1.165, 1.54) is 6.07 Å². The molecule has 0 saturated carbocycles. The first-order valence-electron chi connectivity index (χ1n) is 6.68. The van der Waals surface area contributed by atoms with Gasteiger partial charge in [-0.2, -0.15) is 13.2 Å². The molecule has 0 spiro atoms. The van der Waals surface area contributed by atoms with Crippen LogP contribution in [0.4, 0.5) is 13.2 Å². The molecule has 0 aliphatic rings. The molecule has 3 aromatic rings. The first-order valence-corrected chi connectivity index (χ1v) is 6.68. The lowest BCUT2D eigenvalue weighted by atomic mass is 10.1. The van der Waals surface area contributed by atoms with Gasteiger partial charge in [-0.05, 0) is 23.8 Å². The van der Waals surface area contributed by atoms with Gasteiger partial charge in [-0.15, -0.1) is 0 Å². The van der Waals surface area contributed by atoms with Crippen molar-refractivity contribution in [2.75, 3.05) is 0 Å². The van der Waals surface area contributed by atoms with Crippen LogP contribution in [0.25, 0.3) is 11.5 Å². The topological polar surface area (TPSA) is 26.0 Å². The van der Waals surface area contributed by atoms with Gasteiger partial charge in [0.25, 0.3) is 0 Å². The van der Waals surface area contributed by atoms with Crippen LogP contribution in [0.15, 0.2) is 65.2 Å². The number of rotatable bonds is 3. The summed E-state index contributed by atoms with van der Waals surface area (Å²) in [6.45, 7) is 0. The zero-order valence-electron chi connectivity index (χ0n) is 11.5. The Morgan fingerprint density at radius 2 is 1.73 bits per heavy atom. The summed E-state index contributed by atoms with van der Waals surface area (Å²) in [5.41, 5.74) is 0.705. The molecule has 0 unspecified atom stereocenters. The van der Waals surface area contributed by atoms with Crippen LogP contribution in [-0.4, -0.2) is 4.98 Å². The van der Waals surface area contributed by atoms with Crippen molar-refractivity contribution >= 4 is 0 Å². The lowest BCUT2D eigenvalue weighted by molar-refractivity contribution is -0.137. The summed E-state index contributed by atoms with van der Waals surface area (Å²) in [6, 6.07) is 14.6. The van der Waals surface area contributed by atoms with Gasteiger partial charge in [-0.3, -0.25) is 0 Å². The lowest BCUT2D eigenvalue weighted by Crippen LogP contribution is -2.05. The first-order chi connectivity index (χ1) is 10.5. The summed E-state index contributed by atoms with van der Waals surface area (Å²) in [4.78, 5) is 4.16. The average molecular weight is 303 g/mol. The molecule has 0 amide bonds. The number of oxazole rings is 1. The Bertz CT molecular complexity index is 763. The fourth-order valence-electron chi connectivity index (χ4n) is 2.16. The van der Waals surface area contributed by atoms with Crippen molar-refractivity contribution < 1.29 is 17.6 Å². The predicted octanol–water partition coefficient (Wildman–Crippen LogP) is 4.95. The number of aromatic nitrogens is 1. The van der Waals surface area contributed by atoms with Crippen molar-refractivity contribution in [3.63, 3.8) is 0 Å². The van der Waals surface area contributed by atoms with Gasteiger partial charge in [0.2, 0.25) is 5.89 Å². The Balaban J connectivity index is 1.81. The molecule has 0 radical (unpaired) electrons. The highest BCUT2D eigenvalue weighted by Gasteiger charge is 2.30. The Kier molecular flexibility index (Phi) is 3.71. The summed E-state index contributed by atoms with van der Waals surface area (Å²) in [7, 11) is 0. The third-order valence-electron chi connectivity index (χ3n) is 3.21. The van der Waals surface area contributed by atoms with Gasteiger partial charge in [0.15, 0.2) is 0 Å². The summed E-state index contributed by atoms with van der Waals surface area (Å²) >= 11 is 0. The van der Waals surface area contributed by atoms with Gasteiger partial charge in [-0.1, -0.05) is 36.4 Å². The van der Waals surface area contributed by atoms with Crippen LogP contribution in [0.3, 0.4) is 0 Å². The van der Waals surface area contributed by atoms with Crippen LogP contribution in [0.2, 0.25) is 0 Å². The van der Waals surface area contributed by atoms with Gasteiger partial charge < -0.3 is 4.42 Å². The second kappa shape index (κ2) is 5.67. The predicted molar refractivity (Wildman–Crippen MR) is 76.2 cm³/mol. The van der Waals surface area contributed by atoms with Crippen molar-refractivity contribution in [1.29, 1.82) is 0 Å². The van der Waals surface area contributed by atoms with Gasteiger partial charge in [0, 0.05) is 12.0 Å². The highest BCUT2D eigenvalue weighted by molar-refractivity contribution is 5.52. The highest BCUT2D eigenvalue weighted by atomic mass is 19.4. The quantitative estimate of drug-likeness (QED) is 0.684. The van der Waals surface area contributed by atoms with E-state index in [0.29, 0.717) is 17.2 Å². The molecule has 1 heterocycles. The van der Waals surface area contributed by atoms with Crippen LogP contribution in [-0.2, 0) is 12.6 Å². The largest absolute Gasteiger partial charge is 0.441 e. The van der Waals surface area contributed by atoms with E-state index in [2.05, 4.69) is 4.98 Å². The summed E-state index contributed by atoms with van der Waals surface area (Å²) in [5, 5.41) is 0. The molecule has 3 rings (SSSR count). The number of benzene rings is 2. The number of halogens is 3. The smallest absolute Gasteiger partial charge is 0.416 e. The molecular weight excluding hydrogens is 291 g/mol. The molecule has 2 aromatic carbocycles. The Labute approximate surface area is 125 Å². The zero-order valence-corrected chi connectivity index (χ0v) is 11.5. The molecule has 0 N–H and O–H groups in total. The van der Waals surface area contributed by atoms with Gasteiger partial charge in [-0.25, -0.2) is 4.98 Å². The minimum absolute atomic E-state index is 0.268. The van der Waals surface area contributed by atoms with E-state index in [9.17, 15) is 13.2 Å². The summed E-state index contributed by atoms with van der Waals surface area (Å²) in [5.74, 6) is 0.987. The van der Waals surface area contributed by atoms with Gasteiger partial charge in [0.05, 0.1) is 11.8 Å². The molecule has 0 atom stereocenters. The van der Waals surface area contributed by atoms with E-state index in [0.717, 1.165) is 17.7 Å². The molecule has 0 aliphatic heterocycles. The summed E-state index contributed by atoms with van der Waals surface area (Å²) < 4.78 is 43.7. The third kappa shape index (κ3) is 3.19. The van der Waals surface area contributed by atoms with E-state index in [4.69, 9.17) is 4.42 Å². The van der Waals surface area contributed by atoms with E-state index < -0.39 is 11.7 Å². The van der Waals surface area contributed by atoms with Crippen LogP contribution in [0.1, 0.15) is 16.9 Å². The van der Waals surface area contributed by atoms with Crippen molar-refractivity contribution in [2.24, 2.45) is 0 Å². The fraction of sp³-hybridized carbons (Fsp3) is 0.118. The first kappa shape index (κ1) is 14.4. The van der Waals surface area contributed by atoms with Gasteiger partial charge in [0.1, 0.15) is 5.76 Å². The molecule has 0 fully saturated rings. The lowest BCUT2D eigenvalue weighted by Gasteiger charge is -2.07. The normalized spacial score (nSPS) is 11.6. The molecule has 5 heteroatoms. The maximum Gasteiger partial charge on any atom is 0.416 e. The van der Waals surface area contributed by atoms with E-state index in [1.54, 1.807) is 12.3 Å². The van der Waals surface area contributed by atoms with E-state index >= 15 is 0 Å². The van der Waals surface area contributed by atoms with Crippen molar-refractivity contribution in [1.82, 2.24) is 4.98 Å². The minimum atomic E-state index is -4.34. The molecule has 1 aromatic heterocycles. The van der Waals surface area contributed by atoms with E-state index in [1.807, 2.05) is 30.3 Å². The Morgan fingerprint density at radius 3 is 2.45 bits per heavy atom. The highest BCUT2D eigenvalue weighted by Crippen LogP contribution is 2.30. The molecule has 2 nitrogen and oxygen atoms in total. The molecule has 0 saturated heterocycles. The molecule has 112 valence electrons. The number of hydrogen-bond donors (Lipinski definition) is 0. The van der Waals surface area contributed by atoms with Crippen molar-refractivity contribution in [3.05, 3.63) is 77.7 Å². The Morgan fingerprint density at radius 1 is 0.955 bits per heavy atom. The zero-order chi connectivity index (χ0) is 15.6. The fourth-order valence-corrected chi connectivity index (χ4v) is 2.16. The van der Waals surface area contributed by atoms with Gasteiger partial charge >= 0.3 is 6.18 Å². The average Bonchev–Trinajstić information content (AvgIpc) is 2.96. The molecule has 0 bridgehead atoms. The number of nitrogens with zero attached hydrogens (tertiary/aromatic N) is 1. The summed E-state index contributed by atoms with van der Waals surface area (Å²) in [6.07, 6.45) is -2.53. The van der Waals surface area contributed by atoms with E-state index in [-0.39, 0.29) is 6.42 Å². The number of alkyl halides is 3. The van der Waals surface area contributed by atoms with Crippen LogP contribution >= 0.6 is 0 Å². The molecule has 22 heavy (non-hydrogen) atoms. The third-order valence-corrected chi connectivity index (χ3v) is 3.21. The van der Waals surface area contributed by atoms with Crippen LogP contribution in [0.5, 0.6) is 0 Å². The second-order valence-electron chi connectivity index (χ2n) is 4.87. The Hall–Kier alpha value is -2.56. The maximum absolute atomic E-state index is 12.7. The minimum Gasteiger partial charge on any atom is -0.441 e. The van der Waals surface area contributed by atoms with Crippen LogP contribution < -0.4 is 0 Å². The standard InChI is InChI=1S/C17H12F3NO/c18-17(19,20)14-8-4-5-12(9-14)10-15-11-21-16(22-15)13-6-2-1-3-7-13/h1-9,11H,10H2. The molecular formula is C17H12F3NO. The second-order valence-corrected chi connectivity index (χ2v) is 4.87. The van der Waals surface area contributed by atoms with Crippen molar-refractivity contribution in [2.45, 2.75) is 12.6 Å². The number of hydrogen-bond acceptors (Lipinski definition) is 2. The SMILES string of the molecule is FC(F)(F)c1cccc(Cc2cnc(-c3ccccc3)o2)c1. The van der Waals surface area contributed by atoms with Crippen LogP contribution in [0, 0.1) is 0 Å². The van der Waals surface area contributed by atoms with Crippen molar-refractivity contribution in [3.8, 4) is 11.5 Å². The monoisotopic (exact) mass is 303 g/mol.